The van der Waals surface area contributed by atoms with Crippen LogP contribution in [0.15, 0.2) is 11.1 Å². The minimum Gasteiger partial charge on any atom is -0.393 e. The van der Waals surface area contributed by atoms with E-state index in [0.29, 0.717) is 0 Å². The first kappa shape index (κ1) is 13.6. The topological polar surface area (TPSA) is 149 Å². The van der Waals surface area contributed by atoms with Crippen LogP contribution in [0.5, 0.6) is 0 Å². The molecule has 10 heteroatoms. The first-order chi connectivity index (χ1) is 10.6. The molecule has 2 aliphatic heterocycles. The van der Waals surface area contributed by atoms with Gasteiger partial charge in [0.2, 0.25) is 5.95 Å². The fraction of sp³-hybridized carbons (Fsp3) is 0.583. The van der Waals surface area contributed by atoms with Crippen molar-refractivity contribution in [3.8, 4) is 0 Å². The average Bonchev–Trinajstić information content (AvgIpc) is 2.94. The molecule has 4 atom stereocenters. The minimum absolute atomic E-state index is 0.0334. The van der Waals surface area contributed by atoms with E-state index in [1.54, 1.807) is 4.57 Å². The molecule has 4 heterocycles. The van der Waals surface area contributed by atoms with Crippen molar-refractivity contribution in [2.75, 3.05) is 25.6 Å². The lowest BCUT2D eigenvalue weighted by atomic mass is 9.89. The number of fused-ring (bicyclic) bond motifs is 3. The van der Waals surface area contributed by atoms with Crippen LogP contribution in [-0.2, 0) is 9.47 Å². The smallest absolute Gasteiger partial charge is 0.280 e. The number of nitrogen functional groups attached to an aromatic ring is 1. The molecule has 2 aromatic heterocycles. The number of aliphatic hydroxyl groups excluding tert-OH is 2. The number of aromatic nitrogens is 4. The maximum absolute atomic E-state index is 11.8. The van der Waals surface area contributed by atoms with Crippen molar-refractivity contribution >= 4 is 17.1 Å². The summed E-state index contributed by atoms with van der Waals surface area (Å²) in [6, 6.07) is 0. The fourth-order valence-electron chi connectivity index (χ4n) is 3.17. The number of nitrogens with two attached hydrogens (primary N) is 1. The van der Waals surface area contributed by atoms with Crippen LogP contribution < -0.4 is 11.3 Å². The Morgan fingerprint density at radius 1 is 1.59 bits per heavy atom. The summed E-state index contributed by atoms with van der Waals surface area (Å²) in [6.45, 7) is -0.00365. The summed E-state index contributed by atoms with van der Waals surface area (Å²) in [5.74, 6) is -0.436. The highest BCUT2D eigenvalue weighted by molar-refractivity contribution is 5.70. The Balaban J connectivity index is 1.85. The maximum atomic E-state index is 11.8. The van der Waals surface area contributed by atoms with Crippen LogP contribution in [0.25, 0.3) is 11.2 Å². The fourth-order valence-corrected chi connectivity index (χ4v) is 3.17. The van der Waals surface area contributed by atoms with Gasteiger partial charge in [0.15, 0.2) is 11.2 Å². The molecule has 0 amide bonds. The molecule has 0 spiro atoms. The second kappa shape index (κ2) is 4.49. The summed E-state index contributed by atoms with van der Waals surface area (Å²) in [4.78, 5) is 22.3. The van der Waals surface area contributed by atoms with Crippen molar-refractivity contribution in [3.05, 3.63) is 16.7 Å². The number of nitrogens with zero attached hydrogens (tertiary/aromatic N) is 3. The van der Waals surface area contributed by atoms with Gasteiger partial charge in [-0.15, -0.1) is 0 Å². The number of hydrogen-bond donors (Lipinski definition) is 4. The van der Waals surface area contributed by atoms with E-state index in [1.807, 2.05) is 0 Å². The molecule has 0 saturated carbocycles. The van der Waals surface area contributed by atoms with Crippen LogP contribution in [0.3, 0.4) is 0 Å². The van der Waals surface area contributed by atoms with Crippen molar-refractivity contribution in [2.24, 2.45) is 5.92 Å². The van der Waals surface area contributed by atoms with Gasteiger partial charge in [0.25, 0.3) is 5.56 Å². The highest BCUT2D eigenvalue weighted by Gasteiger charge is 2.58. The zero-order chi connectivity index (χ0) is 15.5. The van der Waals surface area contributed by atoms with Crippen molar-refractivity contribution in [3.63, 3.8) is 0 Å². The normalized spacial score (nSPS) is 34.4. The third kappa shape index (κ3) is 1.66. The number of ether oxygens (including phenoxy) is 2. The number of rotatable bonds is 2. The van der Waals surface area contributed by atoms with Gasteiger partial charge in [-0.3, -0.25) is 14.3 Å². The Kier molecular flexibility index (Phi) is 2.78. The number of aliphatic hydroxyl groups is 2. The number of imidazole rings is 1. The van der Waals surface area contributed by atoms with E-state index >= 15 is 0 Å². The van der Waals surface area contributed by atoms with Crippen LogP contribution in [0, 0.1) is 5.92 Å². The van der Waals surface area contributed by atoms with Crippen LogP contribution in [0.2, 0.25) is 0 Å². The number of aromatic amines is 1. The van der Waals surface area contributed by atoms with Gasteiger partial charge in [-0.25, -0.2) is 4.98 Å². The Morgan fingerprint density at radius 3 is 3.14 bits per heavy atom. The largest absolute Gasteiger partial charge is 0.393 e. The van der Waals surface area contributed by atoms with Gasteiger partial charge in [0.1, 0.15) is 11.8 Å². The molecule has 2 aromatic rings. The SMILES string of the molecule is Nc1nc2c(ncn2[C@@H]2O[C@@]3(CO)COCC2[C@H]3O)c(=O)[nH]1. The first-order valence-corrected chi connectivity index (χ1v) is 6.82. The summed E-state index contributed by atoms with van der Waals surface area (Å²) in [5.41, 5.74) is 4.35. The Bertz CT molecular complexity index is 788. The number of hydrogen-bond acceptors (Lipinski definition) is 8. The Hall–Kier alpha value is -2.01. The van der Waals surface area contributed by atoms with E-state index < -0.39 is 29.4 Å². The van der Waals surface area contributed by atoms with Crippen molar-refractivity contribution in [2.45, 2.75) is 17.9 Å². The summed E-state index contributed by atoms with van der Waals surface area (Å²) in [7, 11) is 0. The maximum Gasteiger partial charge on any atom is 0.280 e. The summed E-state index contributed by atoms with van der Waals surface area (Å²) in [5, 5.41) is 20.0. The minimum atomic E-state index is -1.17. The number of H-pyrrole nitrogens is 1. The zero-order valence-corrected chi connectivity index (χ0v) is 11.5. The third-order valence-electron chi connectivity index (χ3n) is 4.32. The predicted octanol–water partition coefficient (Wildman–Crippen LogP) is -2.03. The molecule has 0 aromatic carbocycles. The van der Waals surface area contributed by atoms with Gasteiger partial charge in [0.05, 0.1) is 38.2 Å². The van der Waals surface area contributed by atoms with Crippen LogP contribution >= 0.6 is 0 Å². The van der Waals surface area contributed by atoms with E-state index in [2.05, 4.69) is 15.0 Å². The van der Waals surface area contributed by atoms with E-state index in [4.69, 9.17) is 15.2 Å². The standard InChI is InChI=1S/C12H15N5O5/c13-11-15-8-6(9(20)16-11)14-4-17(8)10-5-1-21-3-12(2-18,22-10)7(5)19/h4-5,7,10,18-19H,1-3H2,(H3,13,15,16,20)/t5?,7-,10-,12+/m1/s1. The second-order valence-corrected chi connectivity index (χ2v) is 5.63. The third-order valence-corrected chi connectivity index (χ3v) is 4.32. The van der Waals surface area contributed by atoms with Crippen molar-refractivity contribution in [1.29, 1.82) is 0 Å². The lowest BCUT2D eigenvalue weighted by Gasteiger charge is -2.33. The van der Waals surface area contributed by atoms with Gasteiger partial charge in [-0.05, 0) is 0 Å². The number of nitrogens with one attached hydrogen (secondary N) is 1. The quantitative estimate of drug-likeness (QED) is 0.496. The van der Waals surface area contributed by atoms with E-state index in [9.17, 15) is 15.0 Å². The van der Waals surface area contributed by atoms with Gasteiger partial charge in [-0.2, -0.15) is 4.98 Å². The second-order valence-electron chi connectivity index (χ2n) is 5.63. The molecule has 0 aliphatic carbocycles. The molecule has 118 valence electrons. The molecule has 2 bridgehead atoms. The highest BCUT2D eigenvalue weighted by atomic mass is 16.6. The predicted molar refractivity (Wildman–Crippen MR) is 72.8 cm³/mol. The van der Waals surface area contributed by atoms with Gasteiger partial charge in [-0.1, -0.05) is 0 Å². The van der Waals surface area contributed by atoms with Gasteiger partial charge >= 0.3 is 0 Å². The average molecular weight is 309 g/mol. The molecule has 2 saturated heterocycles. The van der Waals surface area contributed by atoms with Crippen molar-refractivity contribution < 1.29 is 19.7 Å². The van der Waals surface area contributed by atoms with E-state index in [-0.39, 0.29) is 36.9 Å². The van der Waals surface area contributed by atoms with E-state index in [0.717, 1.165) is 0 Å². The van der Waals surface area contributed by atoms with Gasteiger partial charge in [0, 0.05) is 0 Å². The van der Waals surface area contributed by atoms with Crippen LogP contribution in [0.1, 0.15) is 6.23 Å². The molecular weight excluding hydrogens is 294 g/mol. The molecule has 10 nitrogen and oxygen atoms in total. The first-order valence-electron chi connectivity index (χ1n) is 6.82. The molecule has 5 N–H and O–H groups in total. The molecule has 2 aliphatic rings. The lowest BCUT2D eigenvalue weighted by Crippen LogP contribution is -2.52. The lowest BCUT2D eigenvalue weighted by molar-refractivity contribution is -0.163. The van der Waals surface area contributed by atoms with Crippen molar-refractivity contribution in [1.82, 2.24) is 19.5 Å². The summed E-state index contributed by atoms with van der Waals surface area (Å²) < 4.78 is 12.8. The Labute approximate surface area is 123 Å². The molecule has 2 fully saturated rings. The molecule has 0 radical (unpaired) electrons. The van der Waals surface area contributed by atoms with Crippen LogP contribution in [0.4, 0.5) is 5.95 Å². The molecular formula is C12H15N5O5. The summed E-state index contributed by atoms with van der Waals surface area (Å²) >= 11 is 0. The van der Waals surface area contributed by atoms with E-state index in [1.165, 1.54) is 6.33 Å². The Morgan fingerprint density at radius 2 is 2.41 bits per heavy atom. The molecule has 1 unspecified atom stereocenters. The van der Waals surface area contributed by atoms with Crippen LogP contribution in [-0.4, -0.2) is 61.3 Å². The number of anilines is 1. The molecule has 4 rings (SSSR count). The van der Waals surface area contributed by atoms with Gasteiger partial charge < -0.3 is 25.4 Å². The molecule has 22 heavy (non-hydrogen) atoms. The highest BCUT2D eigenvalue weighted by Crippen LogP contribution is 2.45. The monoisotopic (exact) mass is 309 g/mol. The zero-order valence-electron chi connectivity index (χ0n) is 11.5. The summed E-state index contributed by atoms with van der Waals surface area (Å²) in [6.07, 6.45) is -0.119.